The summed E-state index contributed by atoms with van der Waals surface area (Å²) in [6.45, 7) is 7.33. The molecule has 1 aromatic carbocycles. The third kappa shape index (κ3) is 4.09. The molecule has 0 radical (unpaired) electrons. The van der Waals surface area contributed by atoms with Crippen molar-refractivity contribution in [2.45, 2.75) is 51.4 Å². The van der Waals surface area contributed by atoms with Gasteiger partial charge < -0.3 is 19.6 Å². The van der Waals surface area contributed by atoms with Crippen LogP contribution in [0.2, 0.25) is 0 Å². The number of fused-ring (bicyclic) bond motifs is 1. The van der Waals surface area contributed by atoms with Crippen LogP contribution in [0.5, 0.6) is 0 Å². The number of nitriles is 1. The van der Waals surface area contributed by atoms with Gasteiger partial charge in [0.05, 0.1) is 35.0 Å². The van der Waals surface area contributed by atoms with Gasteiger partial charge in [-0.15, -0.1) is 0 Å². The number of hydrogen-bond acceptors (Lipinski definition) is 5. The lowest BCUT2D eigenvalue weighted by atomic mass is 10.2. The molecule has 2 N–H and O–H groups in total. The van der Waals surface area contributed by atoms with Crippen LogP contribution in [-0.2, 0) is 16.1 Å². The molecular formula is C22H25N5O2S. The van der Waals surface area contributed by atoms with Crippen molar-refractivity contribution in [2.75, 3.05) is 17.7 Å². The largest absolute Gasteiger partial charge is 0.376 e. The summed E-state index contributed by atoms with van der Waals surface area (Å²) in [5.41, 5.74) is 5.39. The van der Waals surface area contributed by atoms with Gasteiger partial charge in [-0.05, 0) is 56.9 Å². The van der Waals surface area contributed by atoms with Gasteiger partial charge in [0.15, 0.2) is 5.16 Å². The highest BCUT2D eigenvalue weighted by molar-refractivity contribution is 7.99. The molecule has 1 saturated heterocycles. The summed E-state index contributed by atoms with van der Waals surface area (Å²) >= 11 is 1.35. The number of aryl methyl sites for hydroxylation is 1. The Kier molecular flexibility index (Phi) is 5.84. The lowest BCUT2D eigenvalue weighted by molar-refractivity contribution is -0.113. The summed E-state index contributed by atoms with van der Waals surface area (Å²) in [5.74, 6) is 0.598. The molecule has 8 heteroatoms. The standard InChI is InChI=1S/C22H25N5O2S/c1-13-6-7-18-19(9-13)25-22(24-18)30-12-20(28)26-21-17(10-23)14(2)15(3)27(21)11-16-5-4-8-29-16/h6-7,9,16H,4-5,8,11-12H2,1-3H3,(H,24,25)(H,26,28). The van der Waals surface area contributed by atoms with Crippen molar-refractivity contribution < 1.29 is 9.53 Å². The number of anilines is 1. The van der Waals surface area contributed by atoms with E-state index in [1.807, 2.05) is 43.5 Å². The highest BCUT2D eigenvalue weighted by atomic mass is 32.2. The van der Waals surface area contributed by atoms with E-state index in [4.69, 9.17) is 4.74 Å². The van der Waals surface area contributed by atoms with E-state index in [1.54, 1.807) is 0 Å². The molecule has 2 aromatic heterocycles. The summed E-state index contributed by atoms with van der Waals surface area (Å²) < 4.78 is 7.77. The first-order valence-corrected chi connectivity index (χ1v) is 11.0. The predicted molar refractivity (Wildman–Crippen MR) is 118 cm³/mol. The number of H-pyrrole nitrogens is 1. The summed E-state index contributed by atoms with van der Waals surface area (Å²) in [4.78, 5) is 20.5. The Balaban J connectivity index is 1.48. The van der Waals surface area contributed by atoms with Gasteiger partial charge in [0, 0.05) is 12.3 Å². The van der Waals surface area contributed by atoms with E-state index in [-0.39, 0.29) is 17.8 Å². The molecule has 1 fully saturated rings. The number of carbonyl (C=O) groups is 1. The molecule has 4 rings (SSSR count). The Morgan fingerprint density at radius 1 is 1.43 bits per heavy atom. The van der Waals surface area contributed by atoms with E-state index in [9.17, 15) is 10.1 Å². The van der Waals surface area contributed by atoms with E-state index >= 15 is 0 Å². The maximum atomic E-state index is 12.7. The molecule has 7 nitrogen and oxygen atoms in total. The predicted octanol–water partition coefficient (Wildman–Crippen LogP) is 4.07. The molecule has 0 saturated carbocycles. The summed E-state index contributed by atoms with van der Waals surface area (Å²) in [6.07, 6.45) is 2.16. The van der Waals surface area contributed by atoms with Crippen LogP contribution in [0.25, 0.3) is 11.0 Å². The maximum Gasteiger partial charge on any atom is 0.235 e. The third-order valence-corrected chi connectivity index (χ3v) is 6.44. The lowest BCUT2D eigenvalue weighted by Gasteiger charge is -2.16. The topological polar surface area (TPSA) is 95.7 Å². The first-order chi connectivity index (χ1) is 14.5. The minimum Gasteiger partial charge on any atom is -0.376 e. The van der Waals surface area contributed by atoms with Crippen molar-refractivity contribution >= 4 is 34.5 Å². The minimum absolute atomic E-state index is 0.117. The second-order valence-corrected chi connectivity index (χ2v) is 8.65. The molecule has 30 heavy (non-hydrogen) atoms. The lowest BCUT2D eigenvalue weighted by Crippen LogP contribution is -2.22. The summed E-state index contributed by atoms with van der Waals surface area (Å²) in [5, 5.41) is 13.3. The monoisotopic (exact) mass is 423 g/mol. The van der Waals surface area contributed by atoms with Gasteiger partial charge in [-0.25, -0.2) is 4.98 Å². The van der Waals surface area contributed by atoms with E-state index in [1.165, 1.54) is 11.8 Å². The first-order valence-electron chi connectivity index (χ1n) is 10.1. The number of rotatable bonds is 6. The van der Waals surface area contributed by atoms with Gasteiger partial charge >= 0.3 is 0 Å². The van der Waals surface area contributed by atoms with Gasteiger partial charge in [-0.1, -0.05) is 17.8 Å². The third-order valence-electron chi connectivity index (χ3n) is 5.56. The van der Waals surface area contributed by atoms with Crippen molar-refractivity contribution in [3.8, 4) is 6.07 Å². The SMILES string of the molecule is Cc1ccc2nc(SCC(=O)Nc3c(C#N)c(C)c(C)n3CC3CCCO3)[nH]c2c1. The zero-order valence-electron chi connectivity index (χ0n) is 17.4. The molecule has 1 aliphatic heterocycles. The van der Waals surface area contributed by atoms with Crippen LogP contribution in [0.1, 0.15) is 35.2 Å². The van der Waals surface area contributed by atoms with Crippen LogP contribution in [-0.4, -0.2) is 38.9 Å². The Bertz CT molecular complexity index is 1130. The quantitative estimate of drug-likeness (QED) is 0.583. The molecule has 3 heterocycles. The van der Waals surface area contributed by atoms with Crippen LogP contribution >= 0.6 is 11.8 Å². The Morgan fingerprint density at radius 2 is 2.27 bits per heavy atom. The van der Waals surface area contributed by atoms with E-state index in [0.717, 1.165) is 47.3 Å². The van der Waals surface area contributed by atoms with Crippen LogP contribution < -0.4 is 5.32 Å². The molecule has 1 atom stereocenters. The van der Waals surface area contributed by atoms with Gasteiger partial charge in [-0.3, -0.25) is 4.79 Å². The number of thioether (sulfide) groups is 1. The van der Waals surface area contributed by atoms with Crippen molar-refractivity contribution in [3.63, 3.8) is 0 Å². The van der Waals surface area contributed by atoms with E-state index in [2.05, 4.69) is 21.4 Å². The van der Waals surface area contributed by atoms with Gasteiger partial charge in [0.1, 0.15) is 11.9 Å². The van der Waals surface area contributed by atoms with Crippen molar-refractivity contribution in [1.82, 2.24) is 14.5 Å². The normalized spacial score (nSPS) is 16.1. The fraction of sp³-hybridized carbons (Fsp3) is 0.409. The van der Waals surface area contributed by atoms with Crippen LogP contribution in [0.15, 0.2) is 23.4 Å². The minimum atomic E-state index is -0.167. The van der Waals surface area contributed by atoms with Gasteiger partial charge in [-0.2, -0.15) is 5.26 Å². The highest BCUT2D eigenvalue weighted by Crippen LogP contribution is 2.29. The van der Waals surface area contributed by atoms with Crippen LogP contribution in [0.3, 0.4) is 0 Å². The average molecular weight is 424 g/mol. The number of nitrogens with one attached hydrogen (secondary N) is 2. The number of hydrogen-bond donors (Lipinski definition) is 2. The zero-order valence-corrected chi connectivity index (χ0v) is 18.2. The Hall–Kier alpha value is -2.76. The smallest absolute Gasteiger partial charge is 0.235 e. The second-order valence-electron chi connectivity index (χ2n) is 7.69. The van der Waals surface area contributed by atoms with Crippen LogP contribution in [0.4, 0.5) is 5.82 Å². The fourth-order valence-electron chi connectivity index (χ4n) is 3.82. The molecule has 0 bridgehead atoms. The first kappa shape index (κ1) is 20.5. The van der Waals surface area contributed by atoms with Crippen molar-refractivity contribution in [2.24, 2.45) is 0 Å². The van der Waals surface area contributed by atoms with Crippen molar-refractivity contribution in [1.29, 1.82) is 5.26 Å². The summed E-state index contributed by atoms with van der Waals surface area (Å²) in [7, 11) is 0. The van der Waals surface area contributed by atoms with E-state index < -0.39 is 0 Å². The second kappa shape index (κ2) is 8.54. The van der Waals surface area contributed by atoms with Crippen molar-refractivity contribution in [3.05, 3.63) is 40.6 Å². The van der Waals surface area contributed by atoms with Crippen LogP contribution in [0, 0.1) is 32.1 Å². The average Bonchev–Trinajstić information content (AvgIpc) is 3.42. The van der Waals surface area contributed by atoms with Gasteiger partial charge in [0.25, 0.3) is 0 Å². The number of imidazole rings is 1. The molecule has 1 aliphatic rings. The molecule has 1 amide bonds. The molecule has 1 unspecified atom stereocenters. The number of ether oxygens (including phenoxy) is 1. The highest BCUT2D eigenvalue weighted by Gasteiger charge is 2.24. The number of nitrogens with zero attached hydrogens (tertiary/aromatic N) is 3. The maximum absolute atomic E-state index is 12.7. The molecule has 3 aromatic rings. The van der Waals surface area contributed by atoms with Gasteiger partial charge in [0.2, 0.25) is 5.91 Å². The number of amides is 1. The Morgan fingerprint density at radius 3 is 3.00 bits per heavy atom. The molecule has 0 spiro atoms. The number of aromatic amines is 1. The zero-order chi connectivity index (χ0) is 21.3. The summed E-state index contributed by atoms with van der Waals surface area (Å²) in [6, 6.07) is 8.27. The number of benzene rings is 1. The molecule has 0 aliphatic carbocycles. The van der Waals surface area contributed by atoms with E-state index in [0.29, 0.717) is 23.1 Å². The number of carbonyl (C=O) groups excluding carboxylic acids is 1. The molecular weight excluding hydrogens is 398 g/mol. The Labute approximate surface area is 179 Å². The number of aromatic nitrogens is 3. The molecule has 156 valence electrons. The fourth-order valence-corrected chi connectivity index (χ4v) is 4.51.